The van der Waals surface area contributed by atoms with Crippen LogP contribution in [0.5, 0.6) is 5.88 Å². The number of nitrogens with zero attached hydrogens (tertiary/aromatic N) is 1. The van der Waals surface area contributed by atoms with Gasteiger partial charge in [0.25, 0.3) is 0 Å². The molecule has 2 N–H and O–H groups in total. The van der Waals surface area contributed by atoms with Crippen molar-refractivity contribution in [1.29, 1.82) is 0 Å². The third-order valence-corrected chi connectivity index (χ3v) is 3.98. The van der Waals surface area contributed by atoms with Crippen LogP contribution in [0.4, 0.5) is 0 Å². The van der Waals surface area contributed by atoms with Crippen LogP contribution in [0, 0.1) is 0 Å². The molecule has 100 valence electrons. The topological polar surface area (TPSA) is 67.4 Å². The number of fused-ring (bicyclic) bond motifs is 1. The van der Waals surface area contributed by atoms with Gasteiger partial charge < -0.3 is 19.4 Å². The highest BCUT2D eigenvalue weighted by Crippen LogP contribution is 2.36. The maximum atomic E-state index is 9.42. The number of H-pyrrole nitrogens is 1. The molecule has 3 rings (SSSR count). The van der Waals surface area contributed by atoms with E-state index in [1.807, 2.05) is 39.8 Å². The van der Waals surface area contributed by atoms with E-state index in [-0.39, 0.29) is 17.1 Å². The fourth-order valence-corrected chi connectivity index (χ4v) is 2.11. The number of nitrogens with one attached hydrogen (secondary N) is 1. The highest BCUT2D eigenvalue weighted by Gasteiger charge is 2.52. The Morgan fingerprint density at radius 2 is 1.79 bits per heavy atom. The Morgan fingerprint density at radius 3 is 2.42 bits per heavy atom. The van der Waals surface area contributed by atoms with Gasteiger partial charge in [-0.1, -0.05) is 0 Å². The van der Waals surface area contributed by atoms with Crippen LogP contribution < -0.4 is 5.59 Å². The molecule has 0 aliphatic carbocycles. The second-order valence-corrected chi connectivity index (χ2v) is 5.91. The van der Waals surface area contributed by atoms with Crippen molar-refractivity contribution in [3.8, 4) is 5.88 Å². The number of hydrogen-bond donors (Lipinski definition) is 2. The SMILES string of the molecule is CC1(C)OB(c2ccc3[nH]c(O)cc3n2)OC1(C)C. The summed E-state index contributed by atoms with van der Waals surface area (Å²) in [5.74, 6) is 0.105. The van der Waals surface area contributed by atoms with Gasteiger partial charge in [-0.3, -0.25) is 4.98 Å². The predicted molar refractivity (Wildman–Crippen MR) is 73.5 cm³/mol. The van der Waals surface area contributed by atoms with E-state index in [4.69, 9.17) is 9.31 Å². The summed E-state index contributed by atoms with van der Waals surface area (Å²) in [7, 11) is -0.480. The second-order valence-electron chi connectivity index (χ2n) is 5.91. The van der Waals surface area contributed by atoms with Crippen molar-refractivity contribution in [2.75, 3.05) is 0 Å². The van der Waals surface area contributed by atoms with E-state index in [1.54, 1.807) is 6.07 Å². The van der Waals surface area contributed by atoms with Crippen molar-refractivity contribution >= 4 is 23.7 Å². The van der Waals surface area contributed by atoms with E-state index in [0.29, 0.717) is 11.1 Å². The molecular formula is C13H17BN2O3. The lowest BCUT2D eigenvalue weighted by Crippen LogP contribution is -2.41. The lowest BCUT2D eigenvalue weighted by atomic mass is 9.84. The van der Waals surface area contributed by atoms with Gasteiger partial charge in [-0.25, -0.2) is 0 Å². The molecule has 0 bridgehead atoms. The summed E-state index contributed by atoms with van der Waals surface area (Å²) in [6.07, 6.45) is 0. The highest BCUT2D eigenvalue weighted by molar-refractivity contribution is 6.61. The zero-order valence-electron chi connectivity index (χ0n) is 11.5. The van der Waals surface area contributed by atoms with Gasteiger partial charge in [0.05, 0.1) is 27.8 Å². The second kappa shape index (κ2) is 3.74. The van der Waals surface area contributed by atoms with Gasteiger partial charge in [-0.2, -0.15) is 0 Å². The molecule has 0 atom stereocenters. The van der Waals surface area contributed by atoms with Crippen LogP contribution in [0.15, 0.2) is 18.2 Å². The number of aromatic nitrogens is 2. The zero-order chi connectivity index (χ0) is 13.8. The molecule has 2 aromatic heterocycles. The van der Waals surface area contributed by atoms with Gasteiger partial charge in [0, 0.05) is 6.07 Å². The molecule has 1 aliphatic heterocycles. The van der Waals surface area contributed by atoms with E-state index in [2.05, 4.69) is 9.97 Å². The third kappa shape index (κ3) is 1.91. The fourth-order valence-electron chi connectivity index (χ4n) is 2.11. The Balaban J connectivity index is 1.97. The molecule has 0 radical (unpaired) electrons. The standard InChI is InChI=1S/C13H17BN2O3/c1-12(2)13(3,4)19-14(18-12)10-6-5-8-9(15-10)7-11(17)16-8/h5-7,16-17H,1-4H3. The largest absolute Gasteiger partial charge is 0.514 e. The lowest BCUT2D eigenvalue weighted by molar-refractivity contribution is 0.00578. The zero-order valence-corrected chi connectivity index (χ0v) is 11.5. The van der Waals surface area contributed by atoms with Gasteiger partial charge >= 0.3 is 7.12 Å². The summed E-state index contributed by atoms with van der Waals surface area (Å²) >= 11 is 0. The van der Waals surface area contributed by atoms with E-state index >= 15 is 0 Å². The number of hydrogen-bond acceptors (Lipinski definition) is 4. The van der Waals surface area contributed by atoms with Gasteiger partial charge in [-0.15, -0.1) is 0 Å². The number of aromatic hydroxyl groups is 1. The fraction of sp³-hybridized carbons (Fsp3) is 0.462. The minimum absolute atomic E-state index is 0.105. The Labute approximate surface area is 112 Å². The monoisotopic (exact) mass is 260 g/mol. The molecular weight excluding hydrogens is 243 g/mol. The molecule has 19 heavy (non-hydrogen) atoms. The van der Waals surface area contributed by atoms with Crippen LogP contribution in [-0.4, -0.2) is 33.4 Å². The van der Waals surface area contributed by atoms with Crippen molar-refractivity contribution in [2.45, 2.75) is 38.9 Å². The molecule has 0 saturated carbocycles. The number of pyridine rings is 1. The van der Waals surface area contributed by atoms with Crippen molar-refractivity contribution in [2.24, 2.45) is 0 Å². The Hall–Kier alpha value is -1.53. The molecule has 6 heteroatoms. The highest BCUT2D eigenvalue weighted by atomic mass is 16.7. The summed E-state index contributed by atoms with van der Waals surface area (Å²) < 4.78 is 11.9. The maximum absolute atomic E-state index is 9.42. The first kappa shape index (κ1) is 12.5. The Bertz CT molecular complexity index is 620. The Morgan fingerprint density at radius 1 is 1.16 bits per heavy atom. The van der Waals surface area contributed by atoms with E-state index in [0.717, 1.165) is 5.52 Å². The van der Waals surface area contributed by atoms with Crippen molar-refractivity contribution < 1.29 is 14.4 Å². The van der Waals surface area contributed by atoms with Crippen LogP contribution in [0.1, 0.15) is 27.7 Å². The van der Waals surface area contributed by atoms with Gasteiger partial charge in [-0.05, 0) is 39.8 Å². The first-order valence-electron chi connectivity index (χ1n) is 6.33. The molecule has 0 spiro atoms. The molecule has 1 saturated heterocycles. The van der Waals surface area contributed by atoms with Gasteiger partial charge in [0.1, 0.15) is 0 Å². The van der Waals surface area contributed by atoms with Crippen molar-refractivity contribution in [3.05, 3.63) is 18.2 Å². The van der Waals surface area contributed by atoms with E-state index in [1.165, 1.54) is 0 Å². The first-order valence-corrected chi connectivity index (χ1v) is 6.33. The molecule has 5 nitrogen and oxygen atoms in total. The molecule has 0 unspecified atom stereocenters. The molecule has 1 fully saturated rings. The summed E-state index contributed by atoms with van der Waals surface area (Å²) in [5.41, 5.74) is 1.44. The summed E-state index contributed by atoms with van der Waals surface area (Å²) in [4.78, 5) is 7.29. The van der Waals surface area contributed by atoms with Crippen LogP contribution in [0.25, 0.3) is 11.0 Å². The smallest absolute Gasteiger partial charge is 0.495 e. The minimum Gasteiger partial charge on any atom is -0.495 e. The normalized spacial score (nSPS) is 21.2. The molecule has 2 aromatic rings. The molecule has 0 aromatic carbocycles. The molecule has 1 aliphatic rings. The Kier molecular flexibility index (Phi) is 2.46. The average molecular weight is 260 g/mol. The lowest BCUT2D eigenvalue weighted by Gasteiger charge is -2.32. The van der Waals surface area contributed by atoms with Crippen LogP contribution in [0.2, 0.25) is 0 Å². The number of rotatable bonds is 1. The van der Waals surface area contributed by atoms with Gasteiger partial charge in [0.2, 0.25) is 0 Å². The van der Waals surface area contributed by atoms with E-state index < -0.39 is 7.12 Å². The minimum atomic E-state index is -0.480. The number of aromatic amines is 1. The van der Waals surface area contributed by atoms with Crippen molar-refractivity contribution in [3.63, 3.8) is 0 Å². The van der Waals surface area contributed by atoms with Gasteiger partial charge in [0.15, 0.2) is 5.88 Å². The van der Waals surface area contributed by atoms with Crippen LogP contribution in [0.3, 0.4) is 0 Å². The summed E-state index contributed by atoms with van der Waals surface area (Å²) in [6.45, 7) is 8.03. The summed E-state index contributed by atoms with van der Waals surface area (Å²) in [6, 6.07) is 5.30. The average Bonchev–Trinajstić information content (AvgIpc) is 2.74. The van der Waals surface area contributed by atoms with Crippen LogP contribution >= 0.6 is 0 Å². The van der Waals surface area contributed by atoms with E-state index in [9.17, 15) is 5.11 Å². The molecule has 3 heterocycles. The summed E-state index contributed by atoms with van der Waals surface area (Å²) in [5, 5.41) is 9.42. The predicted octanol–water partition coefficient (Wildman–Crippen LogP) is 1.57. The quantitative estimate of drug-likeness (QED) is 0.764. The third-order valence-electron chi connectivity index (χ3n) is 3.98. The first-order chi connectivity index (χ1) is 8.78. The van der Waals surface area contributed by atoms with Crippen LogP contribution in [-0.2, 0) is 9.31 Å². The maximum Gasteiger partial charge on any atom is 0.514 e. The molecule has 0 amide bonds. The van der Waals surface area contributed by atoms with Crippen molar-refractivity contribution in [1.82, 2.24) is 9.97 Å².